The van der Waals surface area contributed by atoms with Gasteiger partial charge >= 0.3 is 6.09 Å². The number of piperidine rings is 1. The number of carbonyl (C=O) groups excluding carboxylic acids is 1. The lowest BCUT2D eigenvalue weighted by atomic mass is 9.81. The summed E-state index contributed by atoms with van der Waals surface area (Å²) in [5.74, 6) is 1.49. The van der Waals surface area contributed by atoms with E-state index in [4.69, 9.17) is 9.47 Å². The predicted molar refractivity (Wildman–Crippen MR) is 118 cm³/mol. The maximum atomic E-state index is 13.0. The number of aromatic nitrogens is 1. The molecular weight excluding hydrogens is 392 g/mol. The molecule has 31 heavy (non-hydrogen) atoms. The van der Waals surface area contributed by atoms with Crippen LogP contribution in [0.2, 0.25) is 0 Å². The van der Waals surface area contributed by atoms with E-state index in [1.165, 1.54) is 19.3 Å². The molecule has 2 aliphatic heterocycles. The molecule has 0 spiro atoms. The van der Waals surface area contributed by atoms with Gasteiger partial charge in [-0.3, -0.25) is 0 Å². The van der Waals surface area contributed by atoms with Crippen LogP contribution in [0.15, 0.2) is 18.3 Å². The molecule has 7 nitrogen and oxygen atoms in total. The fraction of sp³-hybridized carbons (Fsp3) is 0.708. The Bertz CT molecular complexity index is 819. The van der Waals surface area contributed by atoms with Gasteiger partial charge in [0.2, 0.25) is 0 Å². The number of amides is 1. The zero-order chi connectivity index (χ0) is 22.1. The van der Waals surface area contributed by atoms with Crippen LogP contribution in [0.25, 0.3) is 0 Å². The molecule has 4 rings (SSSR count). The lowest BCUT2D eigenvalue weighted by Crippen LogP contribution is -2.53. The maximum absolute atomic E-state index is 13.0. The van der Waals surface area contributed by atoms with Crippen molar-refractivity contribution in [2.45, 2.75) is 69.9 Å². The number of pyridine rings is 1. The number of rotatable bonds is 5. The highest BCUT2D eigenvalue weighted by Crippen LogP contribution is 2.33. The molecule has 0 unspecified atom stereocenters. The van der Waals surface area contributed by atoms with Crippen molar-refractivity contribution in [3.63, 3.8) is 0 Å². The van der Waals surface area contributed by atoms with Gasteiger partial charge in [0.1, 0.15) is 16.8 Å². The number of ether oxygens (including phenoxy) is 2. The van der Waals surface area contributed by atoms with Gasteiger partial charge in [-0.15, -0.1) is 0 Å². The number of hydrogen-bond acceptors (Lipinski definition) is 6. The first-order valence-corrected chi connectivity index (χ1v) is 11.5. The Morgan fingerprint density at radius 2 is 2.10 bits per heavy atom. The van der Waals surface area contributed by atoms with Crippen molar-refractivity contribution in [1.82, 2.24) is 9.88 Å². The summed E-state index contributed by atoms with van der Waals surface area (Å²) in [5.41, 5.74) is -0.131. The Morgan fingerprint density at radius 3 is 2.61 bits per heavy atom. The van der Waals surface area contributed by atoms with E-state index in [0.29, 0.717) is 19.1 Å². The fourth-order valence-electron chi connectivity index (χ4n) is 4.52. The highest BCUT2D eigenvalue weighted by Gasteiger charge is 2.41. The lowest BCUT2D eigenvalue weighted by Gasteiger charge is -2.42. The van der Waals surface area contributed by atoms with E-state index in [1.807, 2.05) is 44.0 Å². The Hall–Kier alpha value is -2.33. The van der Waals surface area contributed by atoms with Crippen LogP contribution in [0.5, 0.6) is 0 Å². The van der Waals surface area contributed by atoms with Crippen molar-refractivity contribution in [3.8, 4) is 6.07 Å². The molecule has 0 aromatic carbocycles. The predicted octanol–water partition coefficient (Wildman–Crippen LogP) is 3.88. The minimum Gasteiger partial charge on any atom is -0.444 e. The molecule has 1 atom stereocenters. The van der Waals surface area contributed by atoms with Crippen molar-refractivity contribution < 1.29 is 14.3 Å². The van der Waals surface area contributed by atoms with Gasteiger partial charge in [0.05, 0.1) is 25.3 Å². The van der Waals surface area contributed by atoms with Crippen LogP contribution in [-0.2, 0) is 14.9 Å². The molecule has 1 aromatic rings. The molecule has 1 aromatic heterocycles. The number of nitriles is 1. The first-order valence-electron chi connectivity index (χ1n) is 11.5. The summed E-state index contributed by atoms with van der Waals surface area (Å²) in [6.45, 7) is 9.09. The van der Waals surface area contributed by atoms with Crippen molar-refractivity contribution >= 4 is 11.9 Å². The van der Waals surface area contributed by atoms with Gasteiger partial charge in [-0.25, -0.2) is 9.78 Å². The van der Waals surface area contributed by atoms with Crippen molar-refractivity contribution in [1.29, 1.82) is 5.26 Å². The van der Waals surface area contributed by atoms with Gasteiger partial charge < -0.3 is 19.3 Å². The smallest absolute Gasteiger partial charge is 0.410 e. The summed E-state index contributed by atoms with van der Waals surface area (Å²) in [4.78, 5) is 21.9. The molecule has 168 valence electrons. The second-order valence-electron chi connectivity index (χ2n) is 10.3. The Kier molecular flexibility index (Phi) is 6.11. The van der Waals surface area contributed by atoms with Crippen LogP contribution >= 0.6 is 0 Å². The van der Waals surface area contributed by atoms with Crippen LogP contribution in [0.4, 0.5) is 10.6 Å². The van der Waals surface area contributed by atoms with Gasteiger partial charge in [-0.1, -0.05) is 12.5 Å². The van der Waals surface area contributed by atoms with Gasteiger partial charge in [0.15, 0.2) is 0 Å². The lowest BCUT2D eigenvalue weighted by molar-refractivity contribution is -0.0299. The van der Waals surface area contributed by atoms with Crippen molar-refractivity contribution in [2.75, 3.05) is 37.7 Å². The Labute approximate surface area is 185 Å². The quantitative estimate of drug-likeness (QED) is 0.711. The fourth-order valence-corrected chi connectivity index (χ4v) is 4.52. The number of anilines is 1. The van der Waals surface area contributed by atoms with Crippen LogP contribution in [0.1, 0.15) is 58.4 Å². The summed E-state index contributed by atoms with van der Waals surface area (Å²) in [5, 5.41) is 9.52. The summed E-state index contributed by atoms with van der Waals surface area (Å²) >= 11 is 0. The second-order valence-corrected chi connectivity index (χ2v) is 10.3. The first kappa shape index (κ1) is 21.9. The number of hydrogen-bond donors (Lipinski definition) is 0. The Morgan fingerprint density at radius 1 is 1.32 bits per heavy atom. The van der Waals surface area contributed by atoms with E-state index < -0.39 is 11.0 Å². The molecular formula is C24H34N4O3. The largest absolute Gasteiger partial charge is 0.444 e. The summed E-state index contributed by atoms with van der Waals surface area (Å²) in [6, 6.07) is 6.49. The third-order valence-corrected chi connectivity index (χ3v) is 6.68. The average Bonchev–Trinajstić information content (AvgIpc) is 2.66. The van der Waals surface area contributed by atoms with Crippen LogP contribution in [-0.4, -0.2) is 60.5 Å². The van der Waals surface area contributed by atoms with E-state index in [1.54, 1.807) is 0 Å². The molecule has 0 N–H and O–H groups in total. The van der Waals surface area contributed by atoms with E-state index in [9.17, 15) is 10.1 Å². The zero-order valence-corrected chi connectivity index (χ0v) is 19.0. The van der Waals surface area contributed by atoms with Crippen LogP contribution in [0, 0.1) is 17.2 Å². The third kappa shape index (κ3) is 4.79. The molecule has 3 heterocycles. The average molecular weight is 427 g/mol. The molecule has 2 saturated heterocycles. The molecule has 3 fully saturated rings. The Balaban J connectivity index is 1.46. The molecule has 1 aliphatic carbocycles. The van der Waals surface area contributed by atoms with E-state index in [-0.39, 0.29) is 12.1 Å². The normalized spacial score (nSPS) is 23.3. The number of nitrogens with zero attached hydrogens (tertiary/aromatic N) is 4. The summed E-state index contributed by atoms with van der Waals surface area (Å²) in [6.07, 6.45) is 7.26. The van der Waals surface area contributed by atoms with Crippen LogP contribution < -0.4 is 4.90 Å². The summed E-state index contributed by atoms with van der Waals surface area (Å²) < 4.78 is 11.0. The minimum absolute atomic E-state index is 0.121. The molecule has 7 heteroatoms. The standard InChI is InChI=1S/C24H34N4O3/c1-23(2,3)31-22(29)28(13-18-6-4-7-18)20-8-5-11-27(14-20)21-10-9-19(12-26-21)24(15-25)16-30-17-24/h9-10,12,18,20H,4-8,11,13-14,16-17H2,1-3H3/t20-/m1/s1. The van der Waals surface area contributed by atoms with Gasteiger partial charge in [0, 0.05) is 25.8 Å². The van der Waals surface area contributed by atoms with Crippen molar-refractivity contribution in [2.24, 2.45) is 5.92 Å². The van der Waals surface area contributed by atoms with Gasteiger partial charge in [0.25, 0.3) is 0 Å². The van der Waals surface area contributed by atoms with E-state index >= 15 is 0 Å². The van der Waals surface area contributed by atoms with Gasteiger partial charge in [-0.05, 0) is 64.0 Å². The number of carbonyl (C=O) groups is 1. The van der Waals surface area contributed by atoms with Crippen LogP contribution in [0.3, 0.4) is 0 Å². The van der Waals surface area contributed by atoms with E-state index in [2.05, 4.69) is 16.0 Å². The monoisotopic (exact) mass is 426 g/mol. The zero-order valence-electron chi connectivity index (χ0n) is 19.0. The summed E-state index contributed by atoms with van der Waals surface area (Å²) in [7, 11) is 0. The molecule has 1 amide bonds. The van der Waals surface area contributed by atoms with Gasteiger partial charge in [-0.2, -0.15) is 5.26 Å². The highest BCUT2D eigenvalue weighted by atomic mass is 16.6. The van der Waals surface area contributed by atoms with E-state index in [0.717, 1.165) is 43.9 Å². The second kappa shape index (κ2) is 8.66. The third-order valence-electron chi connectivity index (χ3n) is 6.68. The molecule has 1 saturated carbocycles. The first-order chi connectivity index (χ1) is 14.8. The molecule has 0 radical (unpaired) electrons. The van der Waals surface area contributed by atoms with Crippen molar-refractivity contribution in [3.05, 3.63) is 23.9 Å². The minimum atomic E-state index is -0.549. The molecule has 0 bridgehead atoms. The molecule has 3 aliphatic rings. The maximum Gasteiger partial charge on any atom is 0.410 e. The highest BCUT2D eigenvalue weighted by molar-refractivity contribution is 5.69. The topological polar surface area (TPSA) is 78.7 Å². The SMILES string of the molecule is CC(C)(C)OC(=O)N(CC1CCC1)[C@@H]1CCCN(c2ccc(C3(C#N)COC3)cn2)C1.